The van der Waals surface area contributed by atoms with Gasteiger partial charge in [-0.15, -0.1) is 11.3 Å². The summed E-state index contributed by atoms with van der Waals surface area (Å²) in [4.78, 5) is 31.1. The summed E-state index contributed by atoms with van der Waals surface area (Å²) >= 11 is 1.65. The molecular formula is C18H23N3O2S. The Labute approximate surface area is 146 Å². The first-order valence-corrected chi connectivity index (χ1v) is 9.11. The Kier molecular flexibility index (Phi) is 4.58. The van der Waals surface area contributed by atoms with Gasteiger partial charge in [0.15, 0.2) is 0 Å². The molecule has 2 amide bonds. The average Bonchev–Trinajstić information content (AvgIpc) is 3.16. The molecular weight excluding hydrogens is 322 g/mol. The van der Waals surface area contributed by atoms with E-state index in [1.165, 1.54) is 0 Å². The highest BCUT2D eigenvalue weighted by molar-refractivity contribution is 7.18. The normalized spacial score (nSPS) is 18.1. The molecule has 0 bridgehead atoms. The molecule has 1 atom stereocenters. The van der Waals surface area contributed by atoms with Crippen LogP contribution in [0.3, 0.4) is 0 Å². The molecule has 1 N–H and O–H groups in total. The molecule has 128 valence electrons. The SMILES string of the molecule is CC(C)(C)C(=O)NCC(=O)N1CCCC1c1nc2ccccc2s1. The van der Waals surface area contributed by atoms with Gasteiger partial charge in [-0.2, -0.15) is 0 Å². The Balaban J connectivity index is 1.71. The van der Waals surface area contributed by atoms with Crippen LogP contribution in [0.25, 0.3) is 10.2 Å². The molecule has 1 unspecified atom stereocenters. The largest absolute Gasteiger partial charge is 0.347 e. The Morgan fingerprint density at radius 1 is 1.33 bits per heavy atom. The Morgan fingerprint density at radius 3 is 2.79 bits per heavy atom. The predicted molar refractivity (Wildman–Crippen MR) is 95.8 cm³/mol. The van der Waals surface area contributed by atoms with Gasteiger partial charge in [-0.25, -0.2) is 4.98 Å². The second-order valence-electron chi connectivity index (χ2n) is 7.20. The van der Waals surface area contributed by atoms with Gasteiger partial charge < -0.3 is 10.2 Å². The van der Waals surface area contributed by atoms with Crippen LogP contribution in [0.5, 0.6) is 0 Å². The van der Waals surface area contributed by atoms with E-state index >= 15 is 0 Å². The molecule has 0 radical (unpaired) electrons. The molecule has 2 heterocycles. The molecule has 3 rings (SSSR count). The fraction of sp³-hybridized carbons (Fsp3) is 0.500. The van der Waals surface area contributed by atoms with Gasteiger partial charge in [0, 0.05) is 12.0 Å². The number of hydrogen-bond acceptors (Lipinski definition) is 4. The first-order chi connectivity index (χ1) is 11.4. The number of carbonyl (C=O) groups is 2. The van der Waals surface area contributed by atoms with Gasteiger partial charge in [-0.05, 0) is 25.0 Å². The Hall–Kier alpha value is -1.95. The van der Waals surface area contributed by atoms with Crippen molar-refractivity contribution in [3.05, 3.63) is 29.3 Å². The molecule has 1 fully saturated rings. The predicted octanol–water partition coefficient (Wildman–Crippen LogP) is 3.12. The van der Waals surface area contributed by atoms with Crippen LogP contribution in [0.4, 0.5) is 0 Å². The first kappa shape index (κ1) is 16.9. The Bertz CT molecular complexity index is 730. The number of nitrogens with one attached hydrogen (secondary N) is 1. The molecule has 5 nitrogen and oxygen atoms in total. The van der Waals surface area contributed by atoms with E-state index in [2.05, 4.69) is 11.4 Å². The third-order valence-electron chi connectivity index (χ3n) is 4.25. The molecule has 1 saturated heterocycles. The van der Waals surface area contributed by atoms with Crippen molar-refractivity contribution >= 4 is 33.4 Å². The molecule has 2 aromatic rings. The number of nitrogens with zero attached hydrogens (tertiary/aromatic N) is 2. The van der Waals surface area contributed by atoms with Crippen molar-refractivity contribution in [2.75, 3.05) is 13.1 Å². The number of rotatable bonds is 3. The van der Waals surface area contributed by atoms with Crippen LogP contribution in [-0.2, 0) is 9.59 Å². The second kappa shape index (κ2) is 6.51. The molecule has 0 saturated carbocycles. The van der Waals surface area contributed by atoms with Crippen molar-refractivity contribution in [2.24, 2.45) is 5.41 Å². The van der Waals surface area contributed by atoms with Crippen molar-refractivity contribution < 1.29 is 9.59 Å². The number of benzene rings is 1. The van der Waals surface area contributed by atoms with Gasteiger partial charge >= 0.3 is 0 Å². The number of hydrogen-bond donors (Lipinski definition) is 1. The van der Waals surface area contributed by atoms with E-state index in [-0.39, 0.29) is 24.4 Å². The summed E-state index contributed by atoms with van der Waals surface area (Å²) in [5.74, 6) is -0.138. The maximum Gasteiger partial charge on any atom is 0.242 e. The van der Waals surface area contributed by atoms with E-state index in [4.69, 9.17) is 4.98 Å². The van der Waals surface area contributed by atoms with Gasteiger partial charge in [0.2, 0.25) is 11.8 Å². The monoisotopic (exact) mass is 345 g/mol. The molecule has 24 heavy (non-hydrogen) atoms. The summed E-state index contributed by atoms with van der Waals surface area (Å²) in [5.41, 5.74) is 0.496. The smallest absolute Gasteiger partial charge is 0.242 e. The average molecular weight is 345 g/mol. The van der Waals surface area contributed by atoms with Gasteiger partial charge in [0.05, 0.1) is 22.8 Å². The maximum absolute atomic E-state index is 12.6. The van der Waals surface area contributed by atoms with E-state index in [9.17, 15) is 9.59 Å². The van der Waals surface area contributed by atoms with Crippen LogP contribution in [0.2, 0.25) is 0 Å². The van der Waals surface area contributed by atoms with E-state index in [1.807, 2.05) is 43.9 Å². The van der Waals surface area contributed by atoms with Crippen LogP contribution in [0.15, 0.2) is 24.3 Å². The zero-order valence-electron chi connectivity index (χ0n) is 14.3. The number of para-hydroxylation sites is 1. The third-order valence-corrected chi connectivity index (χ3v) is 5.39. The molecule has 1 aliphatic rings. The maximum atomic E-state index is 12.6. The number of carbonyl (C=O) groups excluding carboxylic acids is 2. The molecule has 6 heteroatoms. The summed E-state index contributed by atoms with van der Waals surface area (Å²) < 4.78 is 1.15. The van der Waals surface area contributed by atoms with Crippen LogP contribution in [-0.4, -0.2) is 34.8 Å². The van der Waals surface area contributed by atoms with Crippen LogP contribution >= 0.6 is 11.3 Å². The van der Waals surface area contributed by atoms with Gasteiger partial charge in [-0.1, -0.05) is 32.9 Å². The standard InChI is InChI=1S/C18H23N3O2S/c1-18(2,3)17(23)19-11-15(22)21-10-6-8-13(21)16-20-12-7-4-5-9-14(12)24-16/h4-5,7,9,13H,6,8,10-11H2,1-3H3,(H,19,23). The second-order valence-corrected chi connectivity index (χ2v) is 8.26. The van der Waals surface area contributed by atoms with Crippen molar-refractivity contribution in [3.8, 4) is 0 Å². The van der Waals surface area contributed by atoms with Crippen molar-refractivity contribution in [1.29, 1.82) is 0 Å². The van der Waals surface area contributed by atoms with E-state index in [1.54, 1.807) is 11.3 Å². The highest BCUT2D eigenvalue weighted by Gasteiger charge is 2.32. The van der Waals surface area contributed by atoms with Crippen LogP contribution < -0.4 is 5.32 Å². The molecule has 1 aromatic carbocycles. The topological polar surface area (TPSA) is 62.3 Å². The number of amides is 2. The highest BCUT2D eigenvalue weighted by atomic mass is 32.1. The minimum atomic E-state index is -0.488. The van der Waals surface area contributed by atoms with Crippen molar-refractivity contribution in [1.82, 2.24) is 15.2 Å². The molecule has 0 aliphatic carbocycles. The first-order valence-electron chi connectivity index (χ1n) is 8.29. The lowest BCUT2D eigenvalue weighted by atomic mass is 9.96. The number of thiazole rings is 1. The fourth-order valence-corrected chi connectivity index (χ4v) is 3.99. The summed E-state index contributed by atoms with van der Waals surface area (Å²) in [6.45, 7) is 6.30. The lowest BCUT2D eigenvalue weighted by Crippen LogP contribution is -2.43. The van der Waals surface area contributed by atoms with Gasteiger partial charge in [0.25, 0.3) is 0 Å². The van der Waals surface area contributed by atoms with E-state index in [0.29, 0.717) is 0 Å². The zero-order chi connectivity index (χ0) is 17.3. The number of aromatic nitrogens is 1. The van der Waals surface area contributed by atoms with Gasteiger partial charge in [0.1, 0.15) is 5.01 Å². The fourth-order valence-electron chi connectivity index (χ4n) is 2.88. The minimum Gasteiger partial charge on any atom is -0.347 e. The number of fused-ring (bicyclic) bond motifs is 1. The lowest BCUT2D eigenvalue weighted by Gasteiger charge is -2.24. The van der Waals surface area contributed by atoms with E-state index < -0.39 is 5.41 Å². The summed E-state index contributed by atoms with van der Waals surface area (Å²) in [7, 11) is 0. The zero-order valence-corrected chi connectivity index (χ0v) is 15.2. The molecule has 1 aromatic heterocycles. The Morgan fingerprint density at radius 2 is 2.08 bits per heavy atom. The molecule has 1 aliphatic heterocycles. The third kappa shape index (κ3) is 3.43. The lowest BCUT2D eigenvalue weighted by molar-refractivity contribution is -0.135. The van der Waals surface area contributed by atoms with Crippen molar-refractivity contribution in [3.63, 3.8) is 0 Å². The quantitative estimate of drug-likeness (QED) is 0.930. The van der Waals surface area contributed by atoms with Gasteiger partial charge in [-0.3, -0.25) is 9.59 Å². The molecule has 0 spiro atoms. The highest BCUT2D eigenvalue weighted by Crippen LogP contribution is 2.36. The van der Waals surface area contributed by atoms with Crippen LogP contribution in [0, 0.1) is 5.41 Å². The minimum absolute atomic E-state index is 0.0291. The van der Waals surface area contributed by atoms with Crippen LogP contribution in [0.1, 0.15) is 44.7 Å². The number of likely N-dealkylation sites (tertiary alicyclic amines) is 1. The van der Waals surface area contributed by atoms with E-state index in [0.717, 1.165) is 34.6 Å². The van der Waals surface area contributed by atoms with Crippen molar-refractivity contribution in [2.45, 2.75) is 39.7 Å². The summed E-state index contributed by atoms with van der Waals surface area (Å²) in [6.07, 6.45) is 1.90. The summed E-state index contributed by atoms with van der Waals surface area (Å²) in [6, 6.07) is 8.07. The summed E-state index contributed by atoms with van der Waals surface area (Å²) in [5, 5.41) is 3.74.